The maximum absolute atomic E-state index is 10.8. The predicted octanol–water partition coefficient (Wildman–Crippen LogP) is 3.51. The first-order chi connectivity index (χ1) is 15.1. The number of pyridine rings is 1. The molecule has 2 N–H and O–H groups in total. The second kappa shape index (κ2) is 7.45. The predicted molar refractivity (Wildman–Crippen MR) is 122 cm³/mol. The zero-order chi connectivity index (χ0) is 20.9. The minimum absolute atomic E-state index is 0.0202. The molecule has 2 fully saturated rings. The van der Waals surface area contributed by atoms with Crippen LogP contribution in [0.15, 0.2) is 36.8 Å². The summed E-state index contributed by atoms with van der Waals surface area (Å²) in [6.45, 7) is 4.18. The van der Waals surface area contributed by atoms with Crippen LogP contribution in [0.3, 0.4) is 0 Å². The van der Waals surface area contributed by atoms with Gasteiger partial charge in [0.2, 0.25) is 0 Å². The second-order valence-electron chi connectivity index (χ2n) is 9.59. The Morgan fingerprint density at radius 1 is 1.03 bits per heavy atom. The highest BCUT2D eigenvalue weighted by Crippen LogP contribution is 2.39. The van der Waals surface area contributed by atoms with Crippen molar-refractivity contribution in [3.63, 3.8) is 0 Å². The molecule has 2 aromatic heterocycles. The van der Waals surface area contributed by atoms with Crippen molar-refractivity contribution in [3.8, 4) is 0 Å². The Hall–Kier alpha value is -2.73. The number of aryl methyl sites for hydroxylation is 3. The highest BCUT2D eigenvalue weighted by atomic mass is 16.3. The zero-order valence-electron chi connectivity index (χ0n) is 18.0. The first kappa shape index (κ1) is 19.0. The van der Waals surface area contributed by atoms with Crippen molar-refractivity contribution < 1.29 is 5.11 Å². The molecule has 0 unspecified atom stereocenters. The number of nitrogens with one attached hydrogen (secondary N) is 1. The summed E-state index contributed by atoms with van der Waals surface area (Å²) in [5.74, 6) is 2.88. The number of hydrogen-bond donors (Lipinski definition) is 2. The molecule has 160 valence electrons. The van der Waals surface area contributed by atoms with Crippen LogP contribution in [0.5, 0.6) is 0 Å². The van der Waals surface area contributed by atoms with Gasteiger partial charge >= 0.3 is 0 Å². The van der Waals surface area contributed by atoms with Crippen LogP contribution in [0.1, 0.15) is 36.0 Å². The summed E-state index contributed by atoms with van der Waals surface area (Å²) in [5, 5.41) is 15.5. The fourth-order valence-corrected chi connectivity index (χ4v) is 5.94. The third-order valence-corrected chi connectivity index (χ3v) is 7.58. The second-order valence-corrected chi connectivity index (χ2v) is 9.59. The van der Waals surface area contributed by atoms with Crippen LogP contribution in [0.4, 0.5) is 11.6 Å². The number of aliphatic hydroxyl groups is 1. The van der Waals surface area contributed by atoms with Crippen LogP contribution in [-0.2, 0) is 12.8 Å². The highest BCUT2D eigenvalue weighted by Gasteiger charge is 2.42. The van der Waals surface area contributed by atoms with Crippen LogP contribution in [0.25, 0.3) is 10.9 Å². The molecule has 0 bridgehead atoms. The van der Waals surface area contributed by atoms with Gasteiger partial charge in [-0.25, -0.2) is 9.97 Å². The number of nitrogens with zero attached hydrogens (tertiary/aromatic N) is 4. The topological polar surface area (TPSA) is 74.2 Å². The Morgan fingerprint density at radius 2 is 1.84 bits per heavy atom. The van der Waals surface area contributed by atoms with Gasteiger partial charge in [-0.1, -0.05) is 0 Å². The minimum atomic E-state index is -0.364. The fraction of sp³-hybridized carbons (Fsp3) is 0.480. The highest BCUT2D eigenvalue weighted by molar-refractivity contribution is 5.85. The first-order valence-corrected chi connectivity index (χ1v) is 11.5. The molecule has 3 aliphatic rings. The Kier molecular flexibility index (Phi) is 4.56. The minimum Gasteiger partial charge on any atom is -0.391 e. The maximum atomic E-state index is 10.8. The smallest absolute Gasteiger partial charge is 0.144 e. The van der Waals surface area contributed by atoms with E-state index in [-0.39, 0.29) is 12.1 Å². The number of rotatable bonds is 3. The van der Waals surface area contributed by atoms with Gasteiger partial charge in [-0.3, -0.25) is 4.98 Å². The van der Waals surface area contributed by atoms with Crippen molar-refractivity contribution in [1.82, 2.24) is 15.0 Å². The summed E-state index contributed by atoms with van der Waals surface area (Å²) in [4.78, 5) is 16.0. The van der Waals surface area contributed by atoms with Crippen LogP contribution in [-0.4, -0.2) is 45.3 Å². The Labute approximate surface area is 182 Å². The molecule has 3 heterocycles. The summed E-state index contributed by atoms with van der Waals surface area (Å²) in [5.41, 5.74) is 5.43. The zero-order valence-corrected chi connectivity index (χ0v) is 18.0. The Balaban J connectivity index is 1.23. The average molecular weight is 416 g/mol. The normalized spacial score (nSPS) is 27.4. The number of aliphatic hydroxyl groups excluding tert-OH is 1. The third kappa shape index (κ3) is 3.43. The van der Waals surface area contributed by atoms with E-state index in [0.717, 1.165) is 43.1 Å². The molecule has 1 saturated heterocycles. The maximum Gasteiger partial charge on any atom is 0.144 e. The van der Waals surface area contributed by atoms with Gasteiger partial charge in [-0.15, -0.1) is 0 Å². The molecule has 6 rings (SSSR count). The number of hydrogen-bond acceptors (Lipinski definition) is 6. The molecule has 0 spiro atoms. The summed E-state index contributed by atoms with van der Waals surface area (Å²) < 4.78 is 0. The molecule has 1 saturated carbocycles. The van der Waals surface area contributed by atoms with Gasteiger partial charge in [0.15, 0.2) is 0 Å². The number of aromatic nitrogens is 3. The molecule has 6 heteroatoms. The molecular weight excluding hydrogens is 386 g/mol. The Bertz CT molecular complexity index is 1120. The lowest BCUT2D eigenvalue weighted by molar-refractivity contribution is 0.0737. The van der Waals surface area contributed by atoms with Gasteiger partial charge < -0.3 is 15.3 Å². The van der Waals surface area contributed by atoms with Crippen LogP contribution >= 0.6 is 0 Å². The molecular formula is C25H29N5O. The van der Waals surface area contributed by atoms with Crippen molar-refractivity contribution in [2.75, 3.05) is 23.3 Å². The monoisotopic (exact) mass is 415 g/mol. The van der Waals surface area contributed by atoms with E-state index in [4.69, 9.17) is 4.98 Å². The lowest BCUT2D eigenvalue weighted by Crippen LogP contribution is -2.43. The van der Waals surface area contributed by atoms with Crippen molar-refractivity contribution in [2.24, 2.45) is 11.8 Å². The van der Waals surface area contributed by atoms with E-state index in [1.165, 1.54) is 41.3 Å². The summed E-state index contributed by atoms with van der Waals surface area (Å²) in [6.07, 6.45) is 10.1. The molecule has 3 aromatic rings. The Morgan fingerprint density at radius 3 is 2.65 bits per heavy atom. The molecule has 2 aliphatic carbocycles. The van der Waals surface area contributed by atoms with Crippen LogP contribution in [0.2, 0.25) is 0 Å². The van der Waals surface area contributed by atoms with E-state index in [2.05, 4.69) is 45.3 Å². The van der Waals surface area contributed by atoms with Gasteiger partial charge in [-0.05, 0) is 85.8 Å². The number of anilines is 2. The van der Waals surface area contributed by atoms with E-state index in [0.29, 0.717) is 11.8 Å². The van der Waals surface area contributed by atoms with E-state index in [1.807, 2.05) is 0 Å². The van der Waals surface area contributed by atoms with Gasteiger partial charge in [-0.2, -0.15) is 0 Å². The van der Waals surface area contributed by atoms with Crippen LogP contribution in [0, 0.1) is 18.8 Å². The molecule has 6 nitrogen and oxygen atoms in total. The van der Waals surface area contributed by atoms with Gasteiger partial charge in [0.1, 0.15) is 11.6 Å². The summed E-state index contributed by atoms with van der Waals surface area (Å²) in [6, 6.07) is 6.97. The summed E-state index contributed by atoms with van der Waals surface area (Å²) in [7, 11) is 0. The SMILES string of the molecule is Cc1cc(N2C[C@H]3C[C@@H](Nc4cnccn4)[C@H](O)C[C@H]3C2)nc2cc3c(cc12)CCC3. The van der Waals surface area contributed by atoms with E-state index in [9.17, 15) is 5.11 Å². The molecule has 0 radical (unpaired) electrons. The quantitative estimate of drug-likeness (QED) is 0.682. The van der Waals surface area contributed by atoms with Gasteiger partial charge in [0.05, 0.1) is 23.9 Å². The standard InChI is InChI=1S/C25H29N5O/c1-15-7-25(29-21-9-17-4-2-3-16(17)8-20(15)21)30-13-18-10-22(23(31)11-19(18)14-30)28-24-12-26-5-6-27-24/h5-9,12,18-19,22-23,31H,2-4,10-11,13-14H2,1H3,(H,27,28)/t18-,19+,22-,23-/m1/s1. The molecule has 1 aliphatic heterocycles. The first-order valence-electron chi connectivity index (χ1n) is 11.5. The van der Waals surface area contributed by atoms with E-state index < -0.39 is 0 Å². The third-order valence-electron chi connectivity index (χ3n) is 7.58. The van der Waals surface area contributed by atoms with E-state index >= 15 is 0 Å². The van der Waals surface area contributed by atoms with Gasteiger partial charge in [0.25, 0.3) is 0 Å². The van der Waals surface area contributed by atoms with Crippen molar-refractivity contribution in [1.29, 1.82) is 0 Å². The largest absolute Gasteiger partial charge is 0.391 e. The molecule has 4 atom stereocenters. The van der Waals surface area contributed by atoms with Crippen molar-refractivity contribution in [3.05, 3.63) is 53.5 Å². The van der Waals surface area contributed by atoms with Crippen LogP contribution < -0.4 is 10.2 Å². The fourth-order valence-electron chi connectivity index (χ4n) is 5.94. The lowest BCUT2D eigenvalue weighted by Gasteiger charge is -2.35. The average Bonchev–Trinajstić information content (AvgIpc) is 3.39. The lowest BCUT2D eigenvalue weighted by atomic mass is 9.77. The number of benzene rings is 1. The molecule has 31 heavy (non-hydrogen) atoms. The number of fused-ring (bicyclic) bond motifs is 3. The summed E-state index contributed by atoms with van der Waals surface area (Å²) >= 11 is 0. The van der Waals surface area contributed by atoms with Gasteiger partial charge in [0, 0.05) is 30.9 Å². The van der Waals surface area contributed by atoms with Crippen molar-refractivity contribution in [2.45, 2.75) is 51.2 Å². The molecule has 0 amide bonds. The van der Waals surface area contributed by atoms with Crippen molar-refractivity contribution >= 4 is 22.5 Å². The van der Waals surface area contributed by atoms with E-state index in [1.54, 1.807) is 18.6 Å². The molecule has 1 aromatic carbocycles.